The van der Waals surface area contributed by atoms with Crippen LogP contribution in [-0.2, 0) is 11.3 Å². The summed E-state index contributed by atoms with van der Waals surface area (Å²) in [4.78, 5) is 28.2. The fraction of sp³-hybridized carbons (Fsp3) is 0.500. The number of rotatable bonds is 6. The van der Waals surface area contributed by atoms with Crippen molar-refractivity contribution in [1.82, 2.24) is 15.2 Å². The normalized spacial score (nSPS) is 10.6. The first-order chi connectivity index (χ1) is 8.97. The second-order valence-corrected chi connectivity index (χ2v) is 5.50. The molecule has 0 aliphatic carbocycles. The van der Waals surface area contributed by atoms with Crippen molar-refractivity contribution in [2.24, 2.45) is 5.84 Å². The van der Waals surface area contributed by atoms with Crippen molar-refractivity contribution in [1.29, 1.82) is 0 Å². The Morgan fingerprint density at radius 1 is 1.37 bits per heavy atom. The van der Waals surface area contributed by atoms with Gasteiger partial charge >= 0.3 is 0 Å². The number of nitrogens with two attached hydrogens (primary N) is 1. The highest BCUT2D eigenvalue weighted by atomic mass is 32.1. The number of hydrogen-bond acceptors (Lipinski definition) is 5. The lowest BCUT2D eigenvalue weighted by Gasteiger charge is -2.21. The molecule has 106 valence electrons. The Labute approximate surface area is 117 Å². The fourth-order valence-electron chi connectivity index (χ4n) is 1.49. The first-order valence-electron chi connectivity index (χ1n) is 6.00. The van der Waals surface area contributed by atoms with E-state index in [4.69, 9.17) is 5.84 Å². The molecular weight excluding hydrogens is 264 g/mol. The topological polar surface area (TPSA) is 78.7 Å². The molecule has 1 rings (SSSR count). The van der Waals surface area contributed by atoms with Crippen molar-refractivity contribution in [2.75, 3.05) is 27.2 Å². The Balaban J connectivity index is 2.63. The van der Waals surface area contributed by atoms with Gasteiger partial charge < -0.3 is 4.90 Å². The number of thiophene rings is 1. The second kappa shape index (κ2) is 7.22. The number of amides is 2. The summed E-state index contributed by atoms with van der Waals surface area (Å²) in [6.07, 6.45) is 0. The van der Waals surface area contributed by atoms with Crippen molar-refractivity contribution in [3.63, 3.8) is 0 Å². The van der Waals surface area contributed by atoms with Gasteiger partial charge in [0.15, 0.2) is 0 Å². The van der Waals surface area contributed by atoms with Gasteiger partial charge in [0.2, 0.25) is 5.91 Å². The van der Waals surface area contributed by atoms with Crippen LogP contribution in [0.25, 0.3) is 0 Å². The first-order valence-corrected chi connectivity index (χ1v) is 6.81. The lowest BCUT2D eigenvalue weighted by Crippen LogP contribution is -2.36. The number of nitrogen functional groups attached to an aromatic ring is 1. The third-order valence-electron chi connectivity index (χ3n) is 2.70. The van der Waals surface area contributed by atoms with Crippen LogP contribution in [0.1, 0.15) is 21.5 Å². The predicted molar refractivity (Wildman–Crippen MR) is 75.6 cm³/mol. The lowest BCUT2D eigenvalue weighted by molar-refractivity contribution is -0.130. The maximum absolute atomic E-state index is 11.7. The van der Waals surface area contributed by atoms with Crippen LogP contribution in [0.4, 0.5) is 0 Å². The van der Waals surface area contributed by atoms with E-state index in [2.05, 4.69) is 5.43 Å². The first kappa shape index (κ1) is 15.6. The summed E-state index contributed by atoms with van der Waals surface area (Å²) in [7, 11) is 3.48. The third-order valence-corrected chi connectivity index (χ3v) is 3.77. The molecular formula is C12H20N4O2S. The maximum Gasteiger partial charge on any atom is 0.275 e. The molecule has 6 nitrogen and oxygen atoms in total. The molecule has 0 aliphatic rings. The maximum atomic E-state index is 11.7. The molecule has 0 fully saturated rings. The molecule has 0 aromatic carbocycles. The molecule has 3 N–H and O–H groups in total. The van der Waals surface area contributed by atoms with E-state index in [-0.39, 0.29) is 11.8 Å². The van der Waals surface area contributed by atoms with Crippen LogP contribution in [-0.4, -0.2) is 48.8 Å². The SMILES string of the molecule is CCN(CC(=O)N(C)C)Cc1ccc(C(=O)NN)s1. The Bertz CT molecular complexity index is 445. The average molecular weight is 284 g/mol. The fourth-order valence-corrected chi connectivity index (χ4v) is 2.44. The van der Waals surface area contributed by atoms with Crippen molar-refractivity contribution in [3.8, 4) is 0 Å². The van der Waals surface area contributed by atoms with Crippen LogP contribution in [0.5, 0.6) is 0 Å². The van der Waals surface area contributed by atoms with Crippen LogP contribution in [0, 0.1) is 0 Å². The van der Waals surface area contributed by atoms with E-state index in [0.717, 1.165) is 11.4 Å². The lowest BCUT2D eigenvalue weighted by atomic mass is 10.3. The standard InChI is InChI=1S/C12H20N4O2S/c1-4-16(8-11(17)15(2)3)7-9-5-6-10(19-9)12(18)14-13/h5-6H,4,7-8,13H2,1-3H3,(H,14,18). The number of carbonyl (C=O) groups excluding carboxylic acids is 2. The molecule has 0 aliphatic heterocycles. The van der Waals surface area contributed by atoms with Gasteiger partial charge in [-0.1, -0.05) is 6.92 Å². The zero-order valence-corrected chi connectivity index (χ0v) is 12.3. The zero-order valence-electron chi connectivity index (χ0n) is 11.5. The number of hydrazine groups is 1. The average Bonchev–Trinajstić information content (AvgIpc) is 2.85. The zero-order chi connectivity index (χ0) is 14.4. The van der Waals surface area contributed by atoms with Gasteiger partial charge in [-0.2, -0.15) is 0 Å². The molecule has 1 aromatic rings. The van der Waals surface area contributed by atoms with E-state index in [1.54, 1.807) is 25.1 Å². The molecule has 0 atom stereocenters. The van der Waals surface area contributed by atoms with Crippen LogP contribution >= 0.6 is 11.3 Å². The van der Waals surface area contributed by atoms with Gasteiger partial charge in [0.25, 0.3) is 5.91 Å². The van der Waals surface area contributed by atoms with Gasteiger partial charge in [0.05, 0.1) is 11.4 Å². The summed E-state index contributed by atoms with van der Waals surface area (Å²) in [6, 6.07) is 3.63. The van der Waals surface area contributed by atoms with Gasteiger partial charge in [-0.15, -0.1) is 11.3 Å². The van der Waals surface area contributed by atoms with Crippen molar-refractivity contribution < 1.29 is 9.59 Å². The van der Waals surface area contributed by atoms with Crippen LogP contribution < -0.4 is 11.3 Å². The summed E-state index contributed by atoms with van der Waals surface area (Å²) in [5.41, 5.74) is 2.11. The highest BCUT2D eigenvalue weighted by Gasteiger charge is 2.13. The van der Waals surface area contributed by atoms with E-state index < -0.39 is 0 Å². The number of nitrogens with one attached hydrogen (secondary N) is 1. The van der Waals surface area contributed by atoms with E-state index in [9.17, 15) is 9.59 Å². The minimum absolute atomic E-state index is 0.0679. The molecule has 1 aromatic heterocycles. The summed E-state index contributed by atoms with van der Waals surface area (Å²) in [5, 5.41) is 0. The highest BCUT2D eigenvalue weighted by Crippen LogP contribution is 2.18. The van der Waals surface area contributed by atoms with Crippen molar-refractivity contribution in [2.45, 2.75) is 13.5 Å². The number of carbonyl (C=O) groups is 2. The van der Waals surface area contributed by atoms with Gasteiger partial charge in [-0.25, -0.2) is 5.84 Å². The largest absolute Gasteiger partial charge is 0.348 e. The molecule has 0 spiro atoms. The van der Waals surface area contributed by atoms with E-state index >= 15 is 0 Å². The van der Waals surface area contributed by atoms with Gasteiger partial charge in [-0.05, 0) is 18.7 Å². The molecule has 0 saturated heterocycles. The number of nitrogens with zero attached hydrogens (tertiary/aromatic N) is 2. The molecule has 0 bridgehead atoms. The molecule has 1 heterocycles. The van der Waals surface area contributed by atoms with Gasteiger partial charge in [0.1, 0.15) is 0 Å². The van der Waals surface area contributed by atoms with E-state index in [1.165, 1.54) is 11.3 Å². The minimum Gasteiger partial charge on any atom is -0.348 e. The van der Waals surface area contributed by atoms with E-state index in [0.29, 0.717) is 18.0 Å². The minimum atomic E-state index is -0.288. The number of hydrogen-bond donors (Lipinski definition) is 2. The Kier molecular flexibility index (Phi) is 5.94. The van der Waals surface area contributed by atoms with Gasteiger partial charge in [0, 0.05) is 25.5 Å². The third kappa shape index (κ3) is 4.62. The molecule has 7 heteroatoms. The second-order valence-electron chi connectivity index (χ2n) is 4.33. The number of likely N-dealkylation sites (N-methyl/N-ethyl adjacent to an activating group) is 2. The molecule has 19 heavy (non-hydrogen) atoms. The molecule has 0 saturated carbocycles. The Hall–Kier alpha value is -1.44. The van der Waals surface area contributed by atoms with Crippen molar-refractivity contribution >= 4 is 23.2 Å². The molecule has 2 amide bonds. The molecule has 0 radical (unpaired) electrons. The van der Waals surface area contributed by atoms with E-state index in [1.807, 2.05) is 17.9 Å². The quantitative estimate of drug-likeness (QED) is 0.446. The predicted octanol–water partition coefficient (Wildman–Crippen LogP) is 0.262. The summed E-state index contributed by atoms with van der Waals surface area (Å²) in [6.45, 7) is 3.80. The van der Waals surface area contributed by atoms with Gasteiger partial charge in [-0.3, -0.25) is 19.9 Å². The van der Waals surface area contributed by atoms with Crippen LogP contribution in [0.15, 0.2) is 12.1 Å². The highest BCUT2D eigenvalue weighted by molar-refractivity contribution is 7.14. The van der Waals surface area contributed by atoms with Crippen LogP contribution in [0.3, 0.4) is 0 Å². The molecule has 0 unspecified atom stereocenters. The Morgan fingerprint density at radius 2 is 2.05 bits per heavy atom. The van der Waals surface area contributed by atoms with Crippen molar-refractivity contribution in [3.05, 3.63) is 21.9 Å². The smallest absolute Gasteiger partial charge is 0.275 e. The summed E-state index contributed by atoms with van der Waals surface area (Å²) >= 11 is 1.39. The van der Waals surface area contributed by atoms with Crippen LogP contribution in [0.2, 0.25) is 0 Å². The Morgan fingerprint density at radius 3 is 2.58 bits per heavy atom. The summed E-state index contributed by atoms with van der Waals surface area (Å²) < 4.78 is 0. The summed E-state index contributed by atoms with van der Waals surface area (Å²) in [5.74, 6) is 4.87. The monoisotopic (exact) mass is 284 g/mol.